The van der Waals surface area contributed by atoms with E-state index in [1.165, 1.54) is 26.1 Å². The second-order valence-corrected chi connectivity index (χ2v) is 11.4. The van der Waals surface area contributed by atoms with Gasteiger partial charge >= 0.3 is 7.60 Å². The van der Waals surface area contributed by atoms with Gasteiger partial charge in [0.2, 0.25) is 0 Å². The molecule has 3 aromatic rings. The maximum absolute atomic E-state index is 13.1. The number of nitrogens with zero attached hydrogens (tertiary/aromatic N) is 4. The van der Waals surface area contributed by atoms with Crippen LogP contribution in [0.4, 0.5) is 5.82 Å². The van der Waals surface area contributed by atoms with E-state index in [2.05, 4.69) is 31.7 Å². The summed E-state index contributed by atoms with van der Waals surface area (Å²) in [5.41, 5.74) is 10.1. The molecule has 5 rings (SSSR count). The maximum atomic E-state index is 13.1. The van der Waals surface area contributed by atoms with Crippen molar-refractivity contribution < 1.29 is 13.6 Å². The molecule has 1 saturated carbocycles. The summed E-state index contributed by atoms with van der Waals surface area (Å²) >= 11 is 0. The Balaban J connectivity index is 1.44. The lowest BCUT2D eigenvalue weighted by Gasteiger charge is -2.42. The molecule has 0 unspecified atom stereocenters. The number of anilines is 1. The number of fused-ring (bicyclic) bond motifs is 1. The normalized spacial score (nSPS) is 20.9. The second-order valence-electron chi connectivity index (χ2n) is 9.36. The first-order valence-corrected chi connectivity index (χ1v) is 14.0. The standard InChI is InChI=1S/C25H34N5O3P/c1-3-32-34(31,33-4-2)16-18-7-5-8-20(11-18)22-15-30(25-23(22)24(26)27-17-28-25)21-12-19(13-21)14-29-9-6-10-29/h5,7-8,11,15,17,19,21H,3-4,6,9-10,12-14,16H2,1-2H3,(H2,26,27,28). The van der Waals surface area contributed by atoms with Crippen molar-refractivity contribution in [2.24, 2.45) is 5.92 Å². The first kappa shape index (κ1) is 23.5. The molecular formula is C25H34N5O3P. The van der Waals surface area contributed by atoms with E-state index in [1.54, 1.807) is 6.33 Å². The summed E-state index contributed by atoms with van der Waals surface area (Å²) in [5.74, 6) is 1.23. The molecule has 1 aliphatic heterocycles. The van der Waals surface area contributed by atoms with Crippen LogP contribution in [0, 0.1) is 5.92 Å². The zero-order valence-electron chi connectivity index (χ0n) is 20.0. The summed E-state index contributed by atoms with van der Waals surface area (Å²) in [6, 6.07) is 8.46. The molecule has 1 aromatic carbocycles. The Morgan fingerprint density at radius 2 is 1.91 bits per heavy atom. The van der Waals surface area contributed by atoms with Crippen LogP contribution in [-0.2, 0) is 19.8 Å². The molecular weight excluding hydrogens is 449 g/mol. The molecule has 9 heteroatoms. The van der Waals surface area contributed by atoms with E-state index in [0.29, 0.717) is 25.1 Å². The molecule has 2 aliphatic rings. The molecule has 182 valence electrons. The highest BCUT2D eigenvalue weighted by atomic mass is 31.2. The van der Waals surface area contributed by atoms with Crippen molar-refractivity contribution in [3.8, 4) is 11.1 Å². The first-order valence-electron chi connectivity index (χ1n) is 12.3. The van der Waals surface area contributed by atoms with Gasteiger partial charge in [0.25, 0.3) is 0 Å². The smallest absolute Gasteiger partial charge is 0.335 e. The zero-order chi connectivity index (χ0) is 23.7. The van der Waals surface area contributed by atoms with Crippen LogP contribution in [0.25, 0.3) is 22.2 Å². The average molecular weight is 484 g/mol. The van der Waals surface area contributed by atoms with Crippen LogP contribution in [0.15, 0.2) is 36.8 Å². The van der Waals surface area contributed by atoms with Crippen LogP contribution >= 0.6 is 7.60 Å². The number of likely N-dealkylation sites (tertiary alicyclic amines) is 1. The largest absolute Gasteiger partial charge is 0.383 e. The van der Waals surface area contributed by atoms with E-state index in [0.717, 1.165) is 46.5 Å². The van der Waals surface area contributed by atoms with E-state index in [1.807, 2.05) is 32.0 Å². The van der Waals surface area contributed by atoms with Crippen molar-refractivity contribution >= 4 is 24.4 Å². The molecule has 0 atom stereocenters. The molecule has 1 aliphatic carbocycles. The highest BCUT2D eigenvalue weighted by Crippen LogP contribution is 2.51. The van der Waals surface area contributed by atoms with Crippen LogP contribution < -0.4 is 5.73 Å². The van der Waals surface area contributed by atoms with Crippen LogP contribution in [0.3, 0.4) is 0 Å². The van der Waals surface area contributed by atoms with Crippen LogP contribution in [0.2, 0.25) is 0 Å². The third-order valence-corrected chi connectivity index (χ3v) is 9.03. The molecule has 2 aromatic heterocycles. The minimum Gasteiger partial charge on any atom is -0.383 e. The van der Waals surface area contributed by atoms with Crippen molar-refractivity contribution in [1.29, 1.82) is 0 Å². The topological polar surface area (TPSA) is 95.5 Å². The van der Waals surface area contributed by atoms with Gasteiger partial charge in [0.1, 0.15) is 17.8 Å². The maximum Gasteiger partial charge on any atom is 0.335 e. The van der Waals surface area contributed by atoms with E-state index in [9.17, 15) is 4.57 Å². The molecule has 34 heavy (non-hydrogen) atoms. The minimum atomic E-state index is -3.19. The first-order chi connectivity index (χ1) is 16.5. The number of nitrogen functional groups attached to an aromatic ring is 1. The summed E-state index contributed by atoms with van der Waals surface area (Å²) < 4.78 is 26.4. The molecule has 1 saturated heterocycles. The summed E-state index contributed by atoms with van der Waals surface area (Å²) in [4.78, 5) is 11.4. The fourth-order valence-electron chi connectivity index (χ4n) is 5.19. The van der Waals surface area contributed by atoms with E-state index in [-0.39, 0.29) is 6.16 Å². The van der Waals surface area contributed by atoms with Gasteiger partial charge in [0.15, 0.2) is 0 Å². The van der Waals surface area contributed by atoms with Gasteiger partial charge in [-0.1, -0.05) is 24.3 Å². The van der Waals surface area contributed by atoms with Crippen molar-refractivity contribution in [3.05, 3.63) is 42.4 Å². The van der Waals surface area contributed by atoms with E-state index < -0.39 is 7.60 Å². The highest BCUT2D eigenvalue weighted by Gasteiger charge is 2.34. The zero-order valence-corrected chi connectivity index (χ0v) is 20.9. The number of nitrogens with two attached hydrogens (primary N) is 1. The Morgan fingerprint density at radius 3 is 2.59 bits per heavy atom. The Bertz CT molecular complexity index is 1190. The van der Waals surface area contributed by atoms with E-state index in [4.69, 9.17) is 14.8 Å². The Kier molecular flexibility index (Phi) is 6.76. The number of hydrogen-bond acceptors (Lipinski definition) is 7. The Hall–Kier alpha value is -2.25. The van der Waals surface area contributed by atoms with Gasteiger partial charge in [-0.25, -0.2) is 9.97 Å². The Labute approximate surface area is 201 Å². The third kappa shape index (κ3) is 4.65. The summed E-state index contributed by atoms with van der Waals surface area (Å²) in [6.07, 6.45) is 7.61. The van der Waals surface area contributed by atoms with Crippen LogP contribution in [0.5, 0.6) is 0 Å². The van der Waals surface area contributed by atoms with Crippen molar-refractivity contribution in [2.45, 2.75) is 45.3 Å². The lowest BCUT2D eigenvalue weighted by molar-refractivity contribution is 0.0921. The predicted octanol–water partition coefficient (Wildman–Crippen LogP) is 5.10. The van der Waals surface area contributed by atoms with Crippen molar-refractivity contribution in [3.63, 3.8) is 0 Å². The molecule has 2 fully saturated rings. The summed E-state index contributed by atoms with van der Waals surface area (Å²) in [7, 11) is -3.19. The van der Waals surface area contributed by atoms with Gasteiger partial charge < -0.3 is 24.2 Å². The average Bonchev–Trinajstić information content (AvgIpc) is 3.12. The van der Waals surface area contributed by atoms with Gasteiger partial charge in [-0.15, -0.1) is 0 Å². The quantitative estimate of drug-likeness (QED) is 0.401. The van der Waals surface area contributed by atoms with Gasteiger partial charge in [-0.2, -0.15) is 0 Å². The SMILES string of the molecule is CCOP(=O)(Cc1cccc(-c2cn(C3CC(CN4CCC4)C3)c3ncnc(N)c23)c1)OCC. The summed E-state index contributed by atoms with van der Waals surface area (Å²) in [5, 5.41) is 0.878. The second kappa shape index (κ2) is 9.78. The number of aromatic nitrogens is 3. The monoisotopic (exact) mass is 483 g/mol. The van der Waals surface area contributed by atoms with Gasteiger partial charge in [-0.3, -0.25) is 4.57 Å². The third-order valence-electron chi connectivity index (χ3n) is 6.97. The molecule has 0 radical (unpaired) electrons. The molecule has 3 heterocycles. The lowest BCUT2D eigenvalue weighted by Crippen LogP contribution is -2.43. The van der Waals surface area contributed by atoms with Gasteiger partial charge in [0, 0.05) is 24.3 Å². The van der Waals surface area contributed by atoms with Gasteiger partial charge in [0.05, 0.1) is 24.8 Å². The van der Waals surface area contributed by atoms with Gasteiger partial charge in [-0.05, 0) is 63.2 Å². The fourth-order valence-corrected chi connectivity index (χ4v) is 6.88. The minimum absolute atomic E-state index is 0.230. The molecule has 0 spiro atoms. The van der Waals surface area contributed by atoms with Crippen molar-refractivity contribution in [2.75, 3.05) is 38.6 Å². The Morgan fingerprint density at radius 1 is 1.15 bits per heavy atom. The van der Waals surface area contributed by atoms with Crippen LogP contribution in [0.1, 0.15) is 44.7 Å². The molecule has 2 N–H and O–H groups in total. The fraction of sp³-hybridized carbons (Fsp3) is 0.520. The molecule has 0 amide bonds. The number of hydrogen-bond donors (Lipinski definition) is 1. The molecule has 0 bridgehead atoms. The highest BCUT2D eigenvalue weighted by molar-refractivity contribution is 7.53. The van der Waals surface area contributed by atoms with Crippen molar-refractivity contribution in [1.82, 2.24) is 19.4 Å². The van der Waals surface area contributed by atoms with Crippen LogP contribution in [-0.4, -0.2) is 52.3 Å². The molecule has 8 nitrogen and oxygen atoms in total. The predicted molar refractivity (Wildman–Crippen MR) is 135 cm³/mol. The number of benzene rings is 1. The van der Waals surface area contributed by atoms with E-state index >= 15 is 0 Å². The number of rotatable bonds is 10. The summed E-state index contributed by atoms with van der Waals surface area (Å²) in [6.45, 7) is 8.05. The lowest BCUT2D eigenvalue weighted by atomic mass is 9.79.